The van der Waals surface area contributed by atoms with Gasteiger partial charge in [-0.25, -0.2) is 0 Å². The summed E-state index contributed by atoms with van der Waals surface area (Å²) in [5.41, 5.74) is 0.0560. The van der Waals surface area contributed by atoms with E-state index in [2.05, 4.69) is 26.1 Å². The van der Waals surface area contributed by atoms with Gasteiger partial charge in [-0.1, -0.05) is 20.8 Å². The molecule has 0 saturated carbocycles. The van der Waals surface area contributed by atoms with Crippen LogP contribution in [0.25, 0.3) is 0 Å². The fourth-order valence-electron chi connectivity index (χ4n) is 1.48. The third-order valence-corrected chi connectivity index (χ3v) is 2.24. The number of nitrogens with one attached hydrogen (secondary N) is 1. The standard InChI is InChI=1S/C14H29NO2/c1-11(17-14(5,6)7)10-15-12(16)8-9-13(2,3)4/h11H,8-10H2,1-7H3,(H,15,16). The average Bonchev–Trinajstić information content (AvgIpc) is 2.07. The van der Waals surface area contributed by atoms with Gasteiger partial charge in [-0.05, 0) is 39.5 Å². The lowest BCUT2D eigenvalue weighted by Gasteiger charge is -2.25. The molecule has 0 radical (unpaired) electrons. The highest BCUT2D eigenvalue weighted by molar-refractivity contribution is 5.75. The number of carbonyl (C=O) groups is 1. The number of hydrogen-bond acceptors (Lipinski definition) is 2. The fraction of sp³-hybridized carbons (Fsp3) is 0.929. The second-order valence-corrected chi connectivity index (χ2v) is 6.91. The van der Waals surface area contributed by atoms with Crippen LogP contribution in [0, 0.1) is 5.41 Å². The molecule has 102 valence electrons. The Hall–Kier alpha value is -0.570. The summed E-state index contributed by atoms with van der Waals surface area (Å²) in [5, 5.41) is 2.91. The topological polar surface area (TPSA) is 38.3 Å². The van der Waals surface area contributed by atoms with Crippen molar-refractivity contribution in [2.45, 2.75) is 73.0 Å². The first-order valence-electron chi connectivity index (χ1n) is 6.44. The maximum absolute atomic E-state index is 11.6. The zero-order valence-electron chi connectivity index (χ0n) is 12.5. The summed E-state index contributed by atoms with van der Waals surface area (Å²) in [6, 6.07) is 0. The van der Waals surface area contributed by atoms with Crippen LogP contribution in [0.1, 0.15) is 61.3 Å². The van der Waals surface area contributed by atoms with Crippen molar-refractivity contribution in [3.63, 3.8) is 0 Å². The lowest BCUT2D eigenvalue weighted by Crippen LogP contribution is -2.36. The van der Waals surface area contributed by atoms with Crippen molar-refractivity contribution in [2.75, 3.05) is 6.54 Å². The molecule has 0 heterocycles. The van der Waals surface area contributed by atoms with E-state index in [0.717, 1.165) is 6.42 Å². The van der Waals surface area contributed by atoms with E-state index in [9.17, 15) is 4.79 Å². The van der Waals surface area contributed by atoms with Gasteiger partial charge in [0.25, 0.3) is 0 Å². The van der Waals surface area contributed by atoms with Gasteiger partial charge in [-0.15, -0.1) is 0 Å². The maximum Gasteiger partial charge on any atom is 0.220 e. The summed E-state index contributed by atoms with van der Waals surface area (Å²) in [7, 11) is 0. The van der Waals surface area contributed by atoms with Crippen LogP contribution in [0.4, 0.5) is 0 Å². The zero-order valence-corrected chi connectivity index (χ0v) is 12.5. The summed E-state index contributed by atoms with van der Waals surface area (Å²) in [5.74, 6) is 0.115. The lowest BCUT2D eigenvalue weighted by molar-refractivity contribution is -0.123. The van der Waals surface area contributed by atoms with Crippen molar-refractivity contribution in [2.24, 2.45) is 5.41 Å². The van der Waals surface area contributed by atoms with Gasteiger partial charge < -0.3 is 10.1 Å². The third-order valence-electron chi connectivity index (χ3n) is 2.24. The normalized spacial score (nSPS) is 14.5. The Balaban J connectivity index is 3.78. The molecule has 1 unspecified atom stereocenters. The van der Waals surface area contributed by atoms with E-state index in [1.807, 2.05) is 27.7 Å². The first-order valence-corrected chi connectivity index (χ1v) is 6.44. The van der Waals surface area contributed by atoms with Crippen LogP contribution in [-0.4, -0.2) is 24.2 Å². The van der Waals surface area contributed by atoms with Gasteiger partial charge in [-0.2, -0.15) is 0 Å². The molecule has 0 rings (SSSR count). The maximum atomic E-state index is 11.6. The SMILES string of the molecule is CC(CNC(=O)CCC(C)(C)C)OC(C)(C)C. The van der Waals surface area contributed by atoms with Crippen LogP contribution in [0.5, 0.6) is 0 Å². The van der Waals surface area contributed by atoms with Crippen LogP contribution in [0.2, 0.25) is 0 Å². The molecule has 0 aliphatic heterocycles. The number of rotatable bonds is 5. The van der Waals surface area contributed by atoms with Crippen LogP contribution in [0.15, 0.2) is 0 Å². The molecular formula is C14H29NO2. The van der Waals surface area contributed by atoms with E-state index in [4.69, 9.17) is 4.74 Å². The molecule has 0 bridgehead atoms. The molecule has 1 amide bonds. The van der Waals surface area contributed by atoms with Gasteiger partial charge in [-0.3, -0.25) is 4.79 Å². The van der Waals surface area contributed by atoms with Crippen LogP contribution >= 0.6 is 0 Å². The number of carbonyl (C=O) groups excluding carboxylic acids is 1. The molecule has 0 aromatic heterocycles. The predicted octanol–water partition coefficient (Wildman–Crippen LogP) is 3.13. The Morgan fingerprint density at radius 2 is 1.71 bits per heavy atom. The molecule has 17 heavy (non-hydrogen) atoms. The number of hydrogen-bond donors (Lipinski definition) is 1. The summed E-state index contributed by atoms with van der Waals surface area (Å²) >= 11 is 0. The van der Waals surface area contributed by atoms with Crippen molar-refractivity contribution >= 4 is 5.91 Å². The highest BCUT2D eigenvalue weighted by atomic mass is 16.5. The second kappa shape index (κ2) is 6.39. The Morgan fingerprint density at radius 3 is 2.12 bits per heavy atom. The Bertz CT molecular complexity index is 236. The highest BCUT2D eigenvalue weighted by Gasteiger charge is 2.16. The van der Waals surface area contributed by atoms with Gasteiger partial charge in [0.2, 0.25) is 5.91 Å². The summed E-state index contributed by atoms with van der Waals surface area (Å²) in [4.78, 5) is 11.6. The Labute approximate surface area is 106 Å². The van der Waals surface area contributed by atoms with Gasteiger partial charge in [0.05, 0.1) is 11.7 Å². The largest absolute Gasteiger partial charge is 0.371 e. The van der Waals surface area contributed by atoms with Crippen molar-refractivity contribution in [3.05, 3.63) is 0 Å². The molecule has 1 N–H and O–H groups in total. The van der Waals surface area contributed by atoms with Gasteiger partial charge in [0.1, 0.15) is 0 Å². The molecule has 0 aromatic carbocycles. The molecule has 3 heteroatoms. The van der Waals surface area contributed by atoms with Crippen molar-refractivity contribution in [1.29, 1.82) is 0 Å². The van der Waals surface area contributed by atoms with E-state index < -0.39 is 0 Å². The Kier molecular flexibility index (Phi) is 6.17. The van der Waals surface area contributed by atoms with Gasteiger partial charge >= 0.3 is 0 Å². The lowest BCUT2D eigenvalue weighted by atomic mass is 9.90. The minimum atomic E-state index is -0.157. The quantitative estimate of drug-likeness (QED) is 0.805. The van der Waals surface area contributed by atoms with Crippen molar-refractivity contribution < 1.29 is 9.53 Å². The minimum absolute atomic E-state index is 0.0496. The van der Waals surface area contributed by atoms with Crippen LogP contribution < -0.4 is 5.32 Å². The van der Waals surface area contributed by atoms with E-state index >= 15 is 0 Å². The fourth-order valence-corrected chi connectivity index (χ4v) is 1.48. The average molecular weight is 243 g/mol. The minimum Gasteiger partial charge on any atom is -0.371 e. The van der Waals surface area contributed by atoms with Crippen LogP contribution in [-0.2, 0) is 9.53 Å². The Morgan fingerprint density at radius 1 is 1.18 bits per heavy atom. The van der Waals surface area contributed by atoms with Crippen molar-refractivity contribution in [1.82, 2.24) is 5.32 Å². The highest BCUT2D eigenvalue weighted by Crippen LogP contribution is 2.20. The molecule has 0 saturated heterocycles. The monoisotopic (exact) mass is 243 g/mol. The van der Waals surface area contributed by atoms with E-state index in [0.29, 0.717) is 13.0 Å². The molecule has 0 aromatic rings. The molecule has 0 fully saturated rings. The summed E-state index contributed by atoms with van der Waals surface area (Å²) in [6.45, 7) is 15.1. The predicted molar refractivity (Wildman–Crippen MR) is 72.0 cm³/mol. The van der Waals surface area contributed by atoms with Gasteiger partial charge in [0, 0.05) is 13.0 Å². The smallest absolute Gasteiger partial charge is 0.220 e. The zero-order chi connectivity index (χ0) is 13.7. The van der Waals surface area contributed by atoms with Gasteiger partial charge in [0.15, 0.2) is 0 Å². The first-order chi connectivity index (χ1) is 7.49. The van der Waals surface area contributed by atoms with E-state index in [-0.39, 0.29) is 23.0 Å². The molecular weight excluding hydrogens is 214 g/mol. The number of ether oxygens (including phenoxy) is 1. The van der Waals surface area contributed by atoms with E-state index in [1.54, 1.807) is 0 Å². The molecule has 0 aliphatic rings. The van der Waals surface area contributed by atoms with Crippen LogP contribution in [0.3, 0.4) is 0 Å². The molecule has 0 spiro atoms. The molecule has 1 atom stereocenters. The summed E-state index contributed by atoms with van der Waals surface area (Å²) in [6.07, 6.45) is 1.55. The number of amides is 1. The third kappa shape index (κ3) is 11.7. The van der Waals surface area contributed by atoms with Crippen molar-refractivity contribution in [3.8, 4) is 0 Å². The molecule has 0 aliphatic carbocycles. The second-order valence-electron chi connectivity index (χ2n) is 6.91. The summed E-state index contributed by atoms with van der Waals surface area (Å²) < 4.78 is 5.72. The van der Waals surface area contributed by atoms with E-state index in [1.165, 1.54) is 0 Å². The molecule has 3 nitrogen and oxygen atoms in total. The first kappa shape index (κ1) is 16.4.